The Kier molecular flexibility index (Phi) is 7.61. The van der Waals surface area contributed by atoms with Gasteiger partial charge in [-0.1, -0.05) is 30.3 Å². The van der Waals surface area contributed by atoms with E-state index in [0.29, 0.717) is 5.56 Å². The van der Waals surface area contributed by atoms with Gasteiger partial charge in [0.2, 0.25) is 0 Å². The molecule has 162 valence electrons. The number of likely N-dealkylation sites (N-methyl/N-ethyl adjacent to an activating group) is 1. The molecule has 2 rings (SSSR count). The Morgan fingerprint density at radius 3 is 2.10 bits per heavy atom. The first-order valence-corrected chi connectivity index (χ1v) is 9.45. The largest absolute Gasteiger partial charge is 0.416 e. The summed E-state index contributed by atoms with van der Waals surface area (Å²) in [5.74, 6) is -1.63. The van der Waals surface area contributed by atoms with Gasteiger partial charge in [0.25, 0.3) is 0 Å². The number of carbonyl (C=O) groups excluding carboxylic acids is 2. The maximum atomic E-state index is 13.0. The molecule has 0 aromatic heterocycles. The number of benzene rings is 2. The molecule has 0 aliphatic carbocycles. The average Bonchev–Trinajstić information content (AvgIpc) is 2.66. The lowest BCUT2D eigenvalue weighted by Gasteiger charge is -2.25. The van der Waals surface area contributed by atoms with E-state index in [0.717, 1.165) is 28.8 Å². The molecule has 0 aliphatic heterocycles. The summed E-state index contributed by atoms with van der Waals surface area (Å²) in [6.45, 7) is 4.05. The molecule has 0 aliphatic rings. The fraction of sp³-hybridized carbons (Fsp3) is 0.364. The van der Waals surface area contributed by atoms with E-state index in [1.54, 1.807) is 25.1 Å². The van der Waals surface area contributed by atoms with Crippen LogP contribution in [0.15, 0.2) is 42.5 Å². The van der Waals surface area contributed by atoms with Gasteiger partial charge in [-0.15, -0.1) is 0 Å². The zero-order chi connectivity index (χ0) is 22.5. The molecule has 0 radical (unpaired) electrons. The normalized spacial score (nSPS) is 12.5. The van der Waals surface area contributed by atoms with Crippen molar-refractivity contribution < 1.29 is 22.8 Å². The highest BCUT2D eigenvalue weighted by Gasteiger charge is 2.31. The van der Waals surface area contributed by atoms with Crippen molar-refractivity contribution in [3.05, 3.63) is 70.3 Å². The Morgan fingerprint density at radius 1 is 0.967 bits per heavy atom. The summed E-state index contributed by atoms with van der Waals surface area (Å²) < 4.78 is 39.0. The minimum Gasteiger partial charge on any atom is -0.346 e. The van der Waals surface area contributed by atoms with Crippen LogP contribution in [0.25, 0.3) is 0 Å². The van der Waals surface area contributed by atoms with Crippen LogP contribution in [0, 0.1) is 13.8 Å². The van der Waals surface area contributed by atoms with Crippen LogP contribution in [-0.2, 0) is 22.3 Å². The molecule has 2 aromatic rings. The Morgan fingerprint density at radius 2 is 1.53 bits per heavy atom. The van der Waals surface area contributed by atoms with E-state index in [1.165, 1.54) is 6.07 Å². The molecule has 30 heavy (non-hydrogen) atoms. The summed E-state index contributed by atoms with van der Waals surface area (Å²) in [4.78, 5) is 26.0. The van der Waals surface area contributed by atoms with Gasteiger partial charge in [-0.25, -0.2) is 0 Å². The molecule has 1 atom stereocenters. The summed E-state index contributed by atoms with van der Waals surface area (Å²) in [5.41, 5.74) is 2.59. The summed E-state index contributed by atoms with van der Waals surface area (Å²) in [5, 5.41) is 5.10. The van der Waals surface area contributed by atoms with Crippen LogP contribution in [0.1, 0.15) is 33.9 Å². The average molecular weight is 421 g/mol. The van der Waals surface area contributed by atoms with Crippen LogP contribution in [0.3, 0.4) is 0 Å². The van der Waals surface area contributed by atoms with Crippen molar-refractivity contribution in [2.75, 3.05) is 20.6 Å². The van der Waals surface area contributed by atoms with E-state index in [4.69, 9.17) is 0 Å². The molecule has 0 spiro atoms. The first-order valence-electron chi connectivity index (χ1n) is 9.45. The van der Waals surface area contributed by atoms with E-state index < -0.39 is 29.6 Å². The molecule has 5 nitrogen and oxygen atoms in total. The van der Waals surface area contributed by atoms with Crippen molar-refractivity contribution in [2.45, 2.75) is 32.6 Å². The molecule has 2 amide bonds. The second-order valence-corrected chi connectivity index (χ2v) is 7.37. The van der Waals surface area contributed by atoms with Gasteiger partial charge in [0, 0.05) is 13.1 Å². The van der Waals surface area contributed by atoms with Crippen molar-refractivity contribution in [3.63, 3.8) is 0 Å². The Bertz CT molecular complexity index is 890. The Hall–Kier alpha value is -2.87. The lowest BCUT2D eigenvalue weighted by molar-refractivity contribution is -0.139. The molecule has 2 N–H and O–H groups in total. The Balaban J connectivity index is 2.01. The van der Waals surface area contributed by atoms with Crippen molar-refractivity contribution in [2.24, 2.45) is 0 Å². The van der Waals surface area contributed by atoms with Crippen LogP contribution >= 0.6 is 0 Å². The van der Waals surface area contributed by atoms with Crippen LogP contribution in [0.2, 0.25) is 0 Å². The summed E-state index contributed by atoms with van der Waals surface area (Å²) in [7, 11) is 3.39. The third kappa shape index (κ3) is 6.06. The van der Waals surface area contributed by atoms with Gasteiger partial charge in [0.1, 0.15) is 0 Å². The number of carbonyl (C=O) groups is 2. The minimum atomic E-state index is -4.45. The monoisotopic (exact) mass is 421 g/mol. The Labute approximate surface area is 174 Å². The second-order valence-electron chi connectivity index (χ2n) is 7.37. The molecular formula is C22H26F3N3O2. The predicted octanol–water partition coefficient (Wildman–Crippen LogP) is 3.36. The summed E-state index contributed by atoms with van der Waals surface area (Å²) in [6, 6.07) is 10.2. The third-order valence-corrected chi connectivity index (χ3v) is 4.95. The smallest absolute Gasteiger partial charge is 0.346 e. The molecule has 0 heterocycles. The van der Waals surface area contributed by atoms with Gasteiger partial charge < -0.3 is 15.5 Å². The number of hydrogen-bond donors (Lipinski definition) is 2. The number of nitrogens with one attached hydrogen (secondary N) is 2. The number of nitrogens with zero attached hydrogens (tertiary/aromatic N) is 1. The number of hydrogen-bond acceptors (Lipinski definition) is 3. The van der Waals surface area contributed by atoms with E-state index >= 15 is 0 Å². The number of amides is 2. The van der Waals surface area contributed by atoms with Crippen LogP contribution in [0.4, 0.5) is 13.2 Å². The first kappa shape index (κ1) is 23.4. The van der Waals surface area contributed by atoms with Gasteiger partial charge in [0.15, 0.2) is 0 Å². The zero-order valence-electron chi connectivity index (χ0n) is 17.4. The highest BCUT2D eigenvalue weighted by atomic mass is 19.4. The van der Waals surface area contributed by atoms with E-state index in [-0.39, 0.29) is 13.1 Å². The summed E-state index contributed by atoms with van der Waals surface area (Å²) in [6.07, 6.45) is -4.45. The van der Waals surface area contributed by atoms with Crippen LogP contribution in [-0.4, -0.2) is 37.4 Å². The third-order valence-electron chi connectivity index (χ3n) is 4.95. The maximum absolute atomic E-state index is 13.0. The van der Waals surface area contributed by atoms with Crippen LogP contribution in [0.5, 0.6) is 0 Å². The quantitative estimate of drug-likeness (QED) is 0.704. The minimum absolute atomic E-state index is 0.00996. The number of aryl methyl sites for hydroxylation is 2. The number of alkyl halides is 3. The second kappa shape index (κ2) is 9.75. The van der Waals surface area contributed by atoms with E-state index in [9.17, 15) is 22.8 Å². The lowest BCUT2D eigenvalue weighted by Crippen LogP contribution is -2.43. The standard InChI is InChI=1S/C22H26F3N3O2/c1-14-7-5-8-15(2)18(14)12-26-20(29)21(30)27-13-19(28(3)4)16-9-6-10-17(11-16)22(23,24)25/h5-11,19H,12-13H2,1-4H3,(H,26,29)(H,27,30). The predicted molar refractivity (Wildman–Crippen MR) is 109 cm³/mol. The highest BCUT2D eigenvalue weighted by molar-refractivity contribution is 6.35. The molecule has 0 saturated carbocycles. The molecule has 0 bridgehead atoms. The maximum Gasteiger partial charge on any atom is 0.416 e. The topological polar surface area (TPSA) is 61.4 Å². The molecule has 0 fully saturated rings. The number of rotatable bonds is 6. The molecule has 8 heteroatoms. The molecular weight excluding hydrogens is 395 g/mol. The van der Waals surface area contributed by atoms with E-state index in [2.05, 4.69) is 10.6 Å². The van der Waals surface area contributed by atoms with Crippen molar-refractivity contribution in [1.29, 1.82) is 0 Å². The molecule has 2 aromatic carbocycles. The SMILES string of the molecule is Cc1cccc(C)c1CNC(=O)C(=O)NCC(c1cccc(C(F)(F)F)c1)N(C)C. The van der Waals surface area contributed by atoms with Gasteiger partial charge >= 0.3 is 18.0 Å². The van der Waals surface area contributed by atoms with Gasteiger partial charge in [0.05, 0.1) is 11.6 Å². The van der Waals surface area contributed by atoms with Crippen molar-refractivity contribution >= 4 is 11.8 Å². The lowest BCUT2D eigenvalue weighted by atomic mass is 10.0. The van der Waals surface area contributed by atoms with Gasteiger partial charge in [-0.2, -0.15) is 13.2 Å². The van der Waals surface area contributed by atoms with Crippen molar-refractivity contribution in [3.8, 4) is 0 Å². The fourth-order valence-corrected chi connectivity index (χ4v) is 3.17. The van der Waals surface area contributed by atoms with E-state index in [1.807, 2.05) is 32.0 Å². The van der Waals surface area contributed by atoms with Crippen molar-refractivity contribution in [1.82, 2.24) is 15.5 Å². The summed E-state index contributed by atoms with van der Waals surface area (Å²) >= 11 is 0. The van der Waals surface area contributed by atoms with Crippen LogP contribution < -0.4 is 10.6 Å². The highest BCUT2D eigenvalue weighted by Crippen LogP contribution is 2.31. The first-order chi connectivity index (χ1) is 14.0. The molecule has 0 saturated heterocycles. The van der Waals surface area contributed by atoms with Gasteiger partial charge in [-0.05, 0) is 62.3 Å². The number of halogens is 3. The van der Waals surface area contributed by atoms with Gasteiger partial charge in [-0.3, -0.25) is 9.59 Å². The molecule has 1 unspecified atom stereocenters. The zero-order valence-corrected chi connectivity index (χ0v) is 17.4. The fourth-order valence-electron chi connectivity index (χ4n) is 3.17.